The predicted molar refractivity (Wildman–Crippen MR) is 280 cm³/mol. The molecule has 308 valence electrons. The lowest BCUT2D eigenvalue weighted by atomic mass is 9.85. The molecular formula is C61H46N2Si2. The number of aliphatic imine (C=N–C) groups is 2. The molecule has 1 unspecified atom stereocenters. The van der Waals surface area contributed by atoms with Crippen molar-refractivity contribution in [1.29, 1.82) is 0 Å². The van der Waals surface area contributed by atoms with Crippen LogP contribution in [0.4, 0.5) is 0 Å². The van der Waals surface area contributed by atoms with Gasteiger partial charge in [0, 0.05) is 16.7 Å². The van der Waals surface area contributed by atoms with Crippen molar-refractivity contribution in [2.45, 2.75) is 19.1 Å². The van der Waals surface area contributed by atoms with E-state index in [0.29, 0.717) is 0 Å². The van der Waals surface area contributed by atoms with Crippen molar-refractivity contribution in [2.24, 2.45) is 9.98 Å². The van der Waals surface area contributed by atoms with Crippen LogP contribution in [0.25, 0.3) is 44.5 Å². The molecule has 0 bridgehead atoms. The highest BCUT2D eigenvalue weighted by Gasteiger charge is 2.49. The number of hydrogen-bond donors (Lipinski definition) is 0. The zero-order chi connectivity index (χ0) is 43.7. The van der Waals surface area contributed by atoms with Crippen molar-refractivity contribution < 1.29 is 0 Å². The molecule has 0 aliphatic carbocycles. The van der Waals surface area contributed by atoms with Crippen LogP contribution in [0.5, 0.6) is 0 Å². The zero-order valence-corrected chi connectivity index (χ0v) is 38.5. The van der Waals surface area contributed by atoms with E-state index in [1.807, 2.05) is 0 Å². The van der Waals surface area contributed by atoms with Gasteiger partial charge in [-0.25, -0.2) is 4.99 Å². The minimum Gasteiger partial charge on any atom is -0.253 e. The molecule has 0 fully saturated rings. The first-order valence-corrected chi connectivity index (χ1v) is 27.6. The maximum absolute atomic E-state index is 5.90. The maximum atomic E-state index is 5.90. The largest absolute Gasteiger partial charge is 0.253 e. The van der Waals surface area contributed by atoms with Crippen LogP contribution in [0, 0.1) is 0 Å². The van der Waals surface area contributed by atoms with E-state index in [2.05, 4.69) is 238 Å². The summed E-state index contributed by atoms with van der Waals surface area (Å²) in [5.74, 6) is 0.724. The minimum absolute atomic E-state index is 0.397. The molecule has 9 aromatic carbocycles. The van der Waals surface area contributed by atoms with Gasteiger partial charge >= 0.3 is 0 Å². The summed E-state index contributed by atoms with van der Waals surface area (Å²) in [5.41, 5.74) is 15.0. The molecule has 12 rings (SSSR count). The molecule has 2 nitrogen and oxygen atoms in total. The second-order valence-electron chi connectivity index (χ2n) is 18.0. The van der Waals surface area contributed by atoms with Crippen molar-refractivity contribution in [1.82, 2.24) is 0 Å². The summed E-state index contributed by atoms with van der Waals surface area (Å²) in [6, 6.07) is 82.4. The molecule has 0 saturated carbocycles. The van der Waals surface area contributed by atoms with Gasteiger partial charge in [-0.3, -0.25) is 4.99 Å². The van der Waals surface area contributed by atoms with Crippen LogP contribution in [-0.2, 0) is 0 Å². The Labute approximate surface area is 383 Å². The minimum atomic E-state index is -2.85. The molecule has 4 heteroatoms. The molecule has 3 aliphatic rings. The molecule has 0 saturated heterocycles. The molecule has 0 spiro atoms. The highest BCUT2D eigenvalue weighted by Crippen LogP contribution is 2.43. The summed E-state index contributed by atoms with van der Waals surface area (Å²) in [6.07, 6.45) is 0. The number of hydrogen-bond acceptors (Lipinski definition) is 2. The number of nitrogens with zero attached hydrogens (tertiary/aromatic N) is 2. The average Bonchev–Trinajstić information content (AvgIpc) is 3.79. The fourth-order valence-electron chi connectivity index (χ4n) is 11.3. The zero-order valence-electron chi connectivity index (χ0n) is 36.5. The fourth-order valence-corrected chi connectivity index (χ4v) is 20.0. The number of fused-ring (bicyclic) bond motifs is 6. The summed E-state index contributed by atoms with van der Waals surface area (Å²) < 4.78 is 0. The summed E-state index contributed by atoms with van der Waals surface area (Å²) in [5, 5.41) is 8.45. The Morgan fingerprint density at radius 3 is 1.54 bits per heavy atom. The van der Waals surface area contributed by atoms with E-state index in [-0.39, 0.29) is 0 Å². The third-order valence-electron chi connectivity index (χ3n) is 14.2. The van der Waals surface area contributed by atoms with Crippen molar-refractivity contribution in [3.63, 3.8) is 0 Å². The van der Waals surface area contributed by atoms with E-state index < -0.39 is 22.2 Å². The van der Waals surface area contributed by atoms with Crippen LogP contribution in [0.15, 0.2) is 247 Å². The molecule has 1 atom stereocenters. The second kappa shape index (κ2) is 15.3. The van der Waals surface area contributed by atoms with Gasteiger partial charge in [-0.1, -0.05) is 232 Å². The Hall–Kier alpha value is -7.51. The Balaban J connectivity index is 1.17. The average molecular weight is 863 g/mol. The third-order valence-corrected chi connectivity index (χ3v) is 22.6. The summed E-state index contributed by atoms with van der Waals surface area (Å²) in [6.45, 7) is 9.94. The van der Waals surface area contributed by atoms with Crippen molar-refractivity contribution >= 4 is 58.8 Å². The molecule has 0 aromatic heterocycles. The Bertz CT molecular complexity index is 3350. The third kappa shape index (κ3) is 5.98. The lowest BCUT2D eigenvalue weighted by molar-refractivity contribution is 0.877. The first kappa shape index (κ1) is 39.1. The normalized spacial score (nSPS) is 16.2. The van der Waals surface area contributed by atoms with Crippen molar-refractivity contribution in [2.75, 3.05) is 0 Å². The highest BCUT2D eigenvalue weighted by molar-refractivity contribution is 7.22. The monoisotopic (exact) mass is 862 g/mol. The summed E-state index contributed by atoms with van der Waals surface area (Å²) >= 11 is 0. The SMILES string of the molecule is C=C1C(c2ccccc2)=NC(c2cc3c(cc2-c2ccccc2)-c2ccccc2[Si]3(c2ccccc2)c2ccccc2)=NC1c1ccc2c(c1-c1ccccc1)[Si](C)(C)c1ccccc1-2. The van der Waals surface area contributed by atoms with Gasteiger partial charge in [0.25, 0.3) is 0 Å². The Morgan fingerprint density at radius 1 is 0.415 bits per heavy atom. The van der Waals surface area contributed by atoms with Gasteiger partial charge in [0.15, 0.2) is 13.9 Å². The second-order valence-corrected chi connectivity index (χ2v) is 26.1. The molecule has 0 radical (unpaired) electrons. The maximum Gasteiger partial charge on any atom is 0.180 e. The van der Waals surface area contributed by atoms with E-state index in [1.165, 1.54) is 70.1 Å². The molecule has 0 N–H and O–H groups in total. The van der Waals surface area contributed by atoms with Crippen molar-refractivity contribution in [3.8, 4) is 44.5 Å². The van der Waals surface area contributed by atoms with E-state index >= 15 is 0 Å². The van der Waals surface area contributed by atoms with Gasteiger partial charge in [-0.15, -0.1) is 0 Å². The molecule has 0 amide bonds. The standard InChI is InChI=1S/C61H46N2Si2/c1-41-58(44-27-13-6-14-28-44)62-61(63-59(41)50-38-37-49-47-33-19-21-35-54(47)64(2,3)60(49)57(50)43-25-11-5-12-26-43)53-40-56-52(39-51(53)42-23-9-4-10-24-42)48-34-20-22-36-55(48)65(56,45-29-15-7-16-30-45)46-31-17-8-18-32-46/h4-40,59H,1H2,2-3H3. The quantitative estimate of drug-likeness (QED) is 0.143. The molecule has 3 aliphatic heterocycles. The number of amidine groups is 1. The van der Waals surface area contributed by atoms with Gasteiger partial charge < -0.3 is 0 Å². The molecule has 3 heterocycles. The fraction of sp³-hybridized carbons (Fsp3) is 0.0492. The van der Waals surface area contributed by atoms with E-state index in [0.717, 1.165) is 39.4 Å². The van der Waals surface area contributed by atoms with Crippen LogP contribution in [0.1, 0.15) is 22.7 Å². The Kier molecular flexibility index (Phi) is 9.23. The van der Waals surface area contributed by atoms with Gasteiger partial charge in [0.05, 0.1) is 5.71 Å². The van der Waals surface area contributed by atoms with Gasteiger partial charge in [-0.05, 0) is 93.3 Å². The van der Waals surface area contributed by atoms with Crippen LogP contribution in [0.2, 0.25) is 13.1 Å². The van der Waals surface area contributed by atoms with Crippen LogP contribution in [0.3, 0.4) is 0 Å². The smallest absolute Gasteiger partial charge is 0.180 e. The first-order valence-electron chi connectivity index (χ1n) is 22.6. The first-order chi connectivity index (χ1) is 31.9. The van der Waals surface area contributed by atoms with Crippen LogP contribution >= 0.6 is 0 Å². The van der Waals surface area contributed by atoms with Gasteiger partial charge in [-0.2, -0.15) is 0 Å². The van der Waals surface area contributed by atoms with Crippen LogP contribution < -0.4 is 31.1 Å². The van der Waals surface area contributed by atoms with E-state index in [4.69, 9.17) is 16.6 Å². The Morgan fingerprint density at radius 2 is 0.923 bits per heavy atom. The predicted octanol–water partition coefficient (Wildman–Crippen LogP) is 10.7. The van der Waals surface area contributed by atoms with Crippen LogP contribution in [-0.4, -0.2) is 27.7 Å². The molecule has 65 heavy (non-hydrogen) atoms. The van der Waals surface area contributed by atoms with E-state index in [9.17, 15) is 0 Å². The van der Waals surface area contributed by atoms with E-state index in [1.54, 1.807) is 0 Å². The lowest BCUT2D eigenvalue weighted by Gasteiger charge is -2.32. The highest BCUT2D eigenvalue weighted by atomic mass is 28.3. The van der Waals surface area contributed by atoms with Crippen molar-refractivity contribution in [3.05, 3.63) is 253 Å². The topological polar surface area (TPSA) is 24.7 Å². The number of rotatable bonds is 7. The molecule has 9 aromatic rings. The van der Waals surface area contributed by atoms with Gasteiger partial charge in [0.2, 0.25) is 0 Å². The molecular weight excluding hydrogens is 817 g/mol. The van der Waals surface area contributed by atoms with Gasteiger partial charge in [0.1, 0.15) is 14.1 Å². The summed E-state index contributed by atoms with van der Waals surface area (Å²) in [4.78, 5) is 11.6. The number of benzene rings is 9. The summed E-state index contributed by atoms with van der Waals surface area (Å²) in [7, 11) is -5.02. The lowest BCUT2D eigenvalue weighted by Crippen LogP contribution is -2.72.